The van der Waals surface area contributed by atoms with Crippen LogP contribution in [-0.2, 0) is 14.8 Å². The number of nitrogens with zero attached hydrogens (tertiary/aromatic N) is 2. The van der Waals surface area contributed by atoms with Gasteiger partial charge in [0.25, 0.3) is 0 Å². The average molecular weight is 359 g/mol. The van der Waals surface area contributed by atoms with Crippen LogP contribution < -0.4 is 0 Å². The van der Waals surface area contributed by atoms with Crippen molar-refractivity contribution in [2.24, 2.45) is 5.92 Å². The number of likely N-dealkylation sites (N-methyl/N-ethyl adjacent to an activating group) is 1. The van der Waals surface area contributed by atoms with Crippen molar-refractivity contribution in [3.63, 3.8) is 0 Å². The van der Waals surface area contributed by atoms with Crippen LogP contribution in [0, 0.1) is 5.92 Å². The van der Waals surface area contributed by atoms with Crippen LogP contribution in [0.2, 0.25) is 5.02 Å². The standard InChI is InChI=1S/C16H23ClN2O3S/c1-3-13-5-4-10-19(11-13)16(20)12-18(2)23(21,22)15-8-6-14(17)7-9-15/h6-9,13H,3-5,10-12H2,1-2H3. The summed E-state index contributed by atoms with van der Waals surface area (Å²) in [6.45, 7) is 3.42. The number of rotatable bonds is 5. The fourth-order valence-electron chi connectivity index (χ4n) is 2.79. The molecule has 128 valence electrons. The molecule has 23 heavy (non-hydrogen) atoms. The van der Waals surface area contributed by atoms with Crippen LogP contribution in [0.3, 0.4) is 0 Å². The smallest absolute Gasteiger partial charge is 0.243 e. The summed E-state index contributed by atoms with van der Waals surface area (Å²) in [6.07, 6.45) is 3.17. The molecule has 0 saturated carbocycles. The topological polar surface area (TPSA) is 57.7 Å². The molecule has 0 aromatic heterocycles. The van der Waals surface area contributed by atoms with Crippen LogP contribution in [0.4, 0.5) is 0 Å². The van der Waals surface area contributed by atoms with Gasteiger partial charge in [-0.25, -0.2) is 8.42 Å². The number of carbonyl (C=O) groups excluding carboxylic acids is 1. The summed E-state index contributed by atoms with van der Waals surface area (Å²) in [4.78, 5) is 14.3. The molecule has 5 nitrogen and oxygen atoms in total. The monoisotopic (exact) mass is 358 g/mol. The Hall–Kier alpha value is -1.11. The fourth-order valence-corrected chi connectivity index (χ4v) is 4.03. The molecule has 1 heterocycles. The number of benzene rings is 1. The Kier molecular flexibility index (Phi) is 6.06. The fraction of sp³-hybridized carbons (Fsp3) is 0.562. The number of sulfonamides is 1. The predicted octanol–water partition coefficient (Wildman–Crippen LogP) is 2.61. The zero-order valence-electron chi connectivity index (χ0n) is 13.5. The molecule has 1 fully saturated rings. The number of hydrogen-bond acceptors (Lipinski definition) is 3. The molecule has 0 spiro atoms. The molecule has 7 heteroatoms. The van der Waals surface area contributed by atoms with Gasteiger partial charge in [-0.1, -0.05) is 24.9 Å². The molecule has 1 aromatic rings. The van der Waals surface area contributed by atoms with Crippen molar-refractivity contribution in [3.05, 3.63) is 29.3 Å². The van der Waals surface area contributed by atoms with Crippen molar-refractivity contribution in [1.29, 1.82) is 0 Å². The van der Waals surface area contributed by atoms with E-state index in [-0.39, 0.29) is 17.3 Å². The third kappa shape index (κ3) is 4.46. The highest BCUT2D eigenvalue weighted by molar-refractivity contribution is 7.89. The summed E-state index contributed by atoms with van der Waals surface area (Å²) < 4.78 is 26.1. The number of likely N-dealkylation sites (tertiary alicyclic amines) is 1. The highest BCUT2D eigenvalue weighted by atomic mass is 35.5. The van der Waals surface area contributed by atoms with Gasteiger partial charge in [-0.15, -0.1) is 0 Å². The van der Waals surface area contributed by atoms with Gasteiger partial charge >= 0.3 is 0 Å². The van der Waals surface area contributed by atoms with Crippen molar-refractivity contribution in [1.82, 2.24) is 9.21 Å². The minimum Gasteiger partial charge on any atom is -0.341 e. The van der Waals surface area contributed by atoms with Crippen LogP contribution in [0.25, 0.3) is 0 Å². The summed E-state index contributed by atoms with van der Waals surface area (Å²) in [5.41, 5.74) is 0. The van der Waals surface area contributed by atoms with E-state index in [4.69, 9.17) is 11.6 Å². The minimum absolute atomic E-state index is 0.136. The lowest BCUT2D eigenvalue weighted by atomic mass is 9.96. The van der Waals surface area contributed by atoms with Gasteiger partial charge in [0.2, 0.25) is 15.9 Å². The molecule has 1 aromatic carbocycles. The Bertz CT molecular complexity index is 646. The molecule has 1 aliphatic rings. The Morgan fingerprint density at radius 2 is 2.00 bits per heavy atom. The number of halogens is 1. The van der Waals surface area contributed by atoms with E-state index in [2.05, 4.69) is 6.92 Å². The third-order valence-electron chi connectivity index (χ3n) is 4.33. The second-order valence-corrected chi connectivity index (χ2v) is 8.45. The first kappa shape index (κ1) is 18.2. The van der Waals surface area contributed by atoms with E-state index in [1.165, 1.54) is 31.3 Å². The lowest BCUT2D eigenvalue weighted by Gasteiger charge is -2.33. The van der Waals surface area contributed by atoms with Crippen LogP contribution in [0.1, 0.15) is 26.2 Å². The molecule has 0 N–H and O–H groups in total. The molecular weight excluding hydrogens is 336 g/mol. The van der Waals surface area contributed by atoms with E-state index in [0.29, 0.717) is 17.5 Å². The summed E-state index contributed by atoms with van der Waals surface area (Å²) in [7, 11) is -2.25. The highest BCUT2D eigenvalue weighted by Gasteiger charge is 2.27. The summed E-state index contributed by atoms with van der Waals surface area (Å²) in [5.74, 6) is 0.383. The van der Waals surface area contributed by atoms with Crippen LogP contribution in [0.15, 0.2) is 29.2 Å². The number of amides is 1. The summed E-state index contributed by atoms with van der Waals surface area (Å²) >= 11 is 5.79. The molecule has 0 bridgehead atoms. The van der Waals surface area contributed by atoms with Crippen molar-refractivity contribution >= 4 is 27.5 Å². The first-order valence-electron chi connectivity index (χ1n) is 7.84. The van der Waals surface area contributed by atoms with E-state index in [9.17, 15) is 13.2 Å². The average Bonchev–Trinajstić information content (AvgIpc) is 2.55. The van der Waals surface area contributed by atoms with Gasteiger partial charge in [0.1, 0.15) is 0 Å². The molecule has 1 aliphatic heterocycles. The van der Waals surface area contributed by atoms with Gasteiger partial charge in [-0.2, -0.15) is 4.31 Å². The summed E-state index contributed by atoms with van der Waals surface area (Å²) in [5, 5.41) is 0.474. The van der Waals surface area contributed by atoms with Crippen molar-refractivity contribution in [3.8, 4) is 0 Å². The zero-order chi connectivity index (χ0) is 17.0. The first-order valence-corrected chi connectivity index (χ1v) is 9.66. The SMILES string of the molecule is CCC1CCCN(C(=O)CN(C)S(=O)(=O)c2ccc(Cl)cc2)C1. The third-order valence-corrected chi connectivity index (χ3v) is 6.40. The maximum atomic E-state index is 12.5. The molecule has 1 amide bonds. The number of carbonyl (C=O) groups is 1. The van der Waals surface area contributed by atoms with Crippen molar-refractivity contribution in [2.75, 3.05) is 26.7 Å². The van der Waals surface area contributed by atoms with E-state index >= 15 is 0 Å². The van der Waals surface area contributed by atoms with E-state index < -0.39 is 10.0 Å². The molecule has 1 saturated heterocycles. The van der Waals surface area contributed by atoms with Gasteiger partial charge in [-0.05, 0) is 43.0 Å². The maximum Gasteiger partial charge on any atom is 0.243 e. The van der Waals surface area contributed by atoms with E-state index in [1.807, 2.05) is 0 Å². The molecule has 0 radical (unpaired) electrons. The Balaban J connectivity index is 2.04. The van der Waals surface area contributed by atoms with Crippen LogP contribution >= 0.6 is 11.6 Å². The van der Waals surface area contributed by atoms with Crippen LogP contribution in [0.5, 0.6) is 0 Å². The predicted molar refractivity (Wildman–Crippen MR) is 90.9 cm³/mol. The molecule has 0 aliphatic carbocycles. The van der Waals surface area contributed by atoms with Gasteiger partial charge in [0, 0.05) is 25.2 Å². The molecule has 2 rings (SSSR count). The summed E-state index contributed by atoms with van der Waals surface area (Å²) in [6, 6.07) is 5.96. The molecule has 1 atom stereocenters. The zero-order valence-corrected chi connectivity index (χ0v) is 15.1. The Labute approximate surface area is 143 Å². The quantitative estimate of drug-likeness (QED) is 0.813. The largest absolute Gasteiger partial charge is 0.341 e. The van der Waals surface area contributed by atoms with E-state index in [0.717, 1.165) is 30.1 Å². The van der Waals surface area contributed by atoms with Gasteiger partial charge in [0.15, 0.2) is 0 Å². The minimum atomic E-state index is -3.68. The molecule has 1 unspecified atom stereocenters. The second-order valence-electron chi connectivity index (χ2n) is 5.97. The van der Waals surface area contributed by atoms with Gasteiger partial charge < -0.3 is 4.90 Å². The highest BCUT2D eigenvalue weighted by Crippen LogP contribution is 2.21. The Morgan fingerprint density at radius 1 is 1.35 bits per heavy atom. The number of hydrogen-bond donors (Lipinski definition) is 0. The van der Waals surface area contributed by atoms with Gasteiger partial charge in [-0.3, -0.25) is 4.79 Å². The first-order chi connectivity index (χ1) is 10.8. The number of piperidine rings is 1. The Morgan fingerprint density at radius 3 is 2.61 bits per heavy atom. The van der Waals surface area contributed by atoms with Crippen molar-refractivity contribution in [2.45, 2.75) is 31.1 Å². The second kappa shape index (κ2) is 7.64. The van der Waals surface area contributed by atoms with Crippen molar-refractivity contribution < 1.29 is 13.2 Å². The lowest BCUT2D eigenvalue weighted by Crippen LogP contribution is -2.45. The van der Waals surface area contributed by atoms with Crippen LogP contribution in [-0.4, -0.2) is 50.2 Å². The normalized spacial score (nSPS) is 19.1. The van der Waals surface area contributed by atoms with Gasteiger partial charge in [0.05, 0.1) is 11.4 Å². The molecular formula is C16H23ClN2O3S. The lowest BCUT2D eigenvalue weighted by molar-refractivity contribution is -0.133. The maximum absolute atomic E-state index is 12.5. The van der Waals surface area contributed by atoms with E-state index in [1.54, 1.807) is 4.90 Å².